The highest BCUT2D eigenvalue weighted by Crippen LogP contribution is 2.41. The number of fused-ring (bicyclic) bond motifs is 6. The monoisotopic (exact) mass is 948 g/mol. The van der Waals surface area contributed by atoms with Gasteiger partial charge in [0.05, 0.1) is 18.9 Å². The van der Waals surface area contributed by atoms with Crippen molar-refractivity contribution >= 4 is 47.3 Å². The zero-order chi connectivity index (χ0) is 49.6. The van der Waals surface area contributed by atoms with Crippen LogP contribution in [0, 0.1) is 11.3 Å². The predicted octanol–water partition coefficient (Wildman–Crippen LogP) is 5.59. The average Bonchev–Trinajstić information content (AvgIpc) is 3.43. The third-order valence-corrected chi connectivity index (χ3v) is 13.5. The van der Waals surface area contributed by atoms with Crippen molar-refractivity contribution in [1.82, 2.24) is 40.0 Å². The Morgan fingerprint density at radius 1 is 1.04 bits per heavy atom. The van der Waals surface area contributed by atoms with E-state index in [-0.39, 0.29) is 49.6 Å². The molecule has 5 heterocycles. The Hall–Kier alpha value is -6.33. The maximum Gasteiger partial charge on any atom is 0.324 e. The fraction of sp³-hybridized carbons (Fsp3) is 0.519. The standard InChI is InChI=1S/C52H69N9O8/c1-9-60-44-14-13-35-28-39(44)40(47(60)41-30-54-18-15-36(41)31-68-8)29-52(4,5)32-69-50(66)42-12-10-21-61(56-42)49(65)43(26-34-24-37(35)27-38(62)25-34)55-48(64)46(33(2)3)57(7)51(67)59-20-11-19-58(22-23-59)45(63)16-17-53-6/h13-15,18,24-25,27-28,30,33,42-43,46,56,62H,6,9-12,16-17,19-23,26,29,31-32H2,1-5,7-8H3,(H,55,64)/t42-,43-,46-/m0/s1. The molecule has 0 unspecified atom stereocenters. The molecule has 17 heteroatoms. The third kappa shape index (κ3) is 11.4. The van der Waals surface area contributed by atoms with Gasteiger partial charge in [-0.05, 0) is 103 Å². The number of benzene rings is 2. The summed E-state index contributed by atoms with van der Waals surface area (Å²) >= 11 is 0. The minimum Gasteiger partial charge on any atom is -0.508 e. The number of nitrogens with one attached hydrogen (secondary N) is 2. The first-order valence-corrected chi connectivity index (χ1v) is 24.2. The van der Waals surface area contributed by atoms with Crippen LogP contribution in [0.3, 0.4) is 0 Å². The number of esters is 1. The Morgan fingerprint density at radius 2 is 1.81 bits per heavy atom. The summed E-state index contributed by atoms with van der Waals surface area (Å²) in [6, 6.07) is 10.1. The molecule has 370 valence electrons. The molecule has 7 rings (SSSR count). The molecule has 17 nitrogen and oxygen atoms in total. The Kier molecular flexibility index (Phi) is 16.1. The normalized spacial score (nSPS) is 19.4. The largest absolute Gasteiger partial charge is 0.508 e. The molecule has 3 aliphatic heterocycles. The first kappa shape index (κ1) is 50.5. The fourth-order valence-electron chi connectivity index (χ4n) is 10.1. The zero-order valence-corrected chi connectivity index (χ0v) is 41.3. The van der Waals surface area contributed by atoms with Crippen molar-refractivity contribution in [1.29, 1.82) is 0 Å². The van der Waals surface area contributed by atoms with Crippen LogP contribution in [0.5, 0.6) is 5.75 Å². The molecule has 4 aromatic rings. The summed E-state index contributed by atoms with van der Waals surface area (Å²) in [5.74, 6) is -1.91. The molecule has 0 radical (unpaired) electrons. The van der Waals surface area contributed by atoms with Crippen LogP contribution >= 0.6 is 0 Å². The van der Waals surface area contributed by atoms with Crippen LogP contribution in [0.2, 0.25) is 0 Å². The smallest absolute Gasteiger partial charge is 0.324 e. The maximum absolute atomic E-state index is 14.8. The van der Waals surface area contributed by atoms with Gasteiger partial charge >= 0.3 is 12.0 Å². The topological polar surface area (TPSA) is 191 Å². The van der Waals surface area contributed by atoms with E-state index in [9.17, 15) is 29.1 Å². The molecule has 6 bridgehead atoms. The van der Waals surface area contributed by atoms with Gasteiger partial charge in [-0.1, -0.05) is 39.8 Å². The van der Waals surface area contributed by atoms with Gasteiger partial charge in [0, 0.05) is 107 Å². The van der Waals surface area contributed by atoms with E-state index in [1.807, 2.05) is 38.2 Å². The fourth-order valence-corrected chi connectivity index (χ4v) is 10.1. The number of cyclic esters (lactones) is 1. The maximum atomic E-state index is 14.8. The van der Waals surface area contributed by atoms with E-state index in [4.69, 9.17) is 9.47 Å². The minimum absolute atomic E-state index is 0.0124. The summed E-state index contributed by atoms with van der Waals surface area (Å²) in [7, 11) is 3.26. The van der Waals surface area contributed by atoms with E-state index < -0.39 is 41.3 Å². The lowest BCUT2D eigenvalue weighted by atomic mass is 9.84. The van der Waals surface area contributed by atoms with E-state index in [1.165, 1.54) is 9.91 Å². The second-order valence-electron chi connectivity index (χ2n) is 19.7. The summed E-state index contributed by atoms with van der Waals surface area (Å²) in [4.78, 5) is 83.5. The van der Waals surface area contributed by atoms with E-state index in [0.717, 1.165) is 38.9 Å². The van der Waals surface area contributed by atoms with Crippen LogP contribution in [0.4, 0.5) is 4.79 Å². The van der Waals surface area contributed by atoms with Crippen LogP contribution < -0.4 is 10.7 Å². The molecule has 5 amide bonds. The summed E-state index contributed by atoms with van der Waals surface area (Å²) in [6.07, 6.45) is 5.94. The van der Waals surface area contributed by atoms with Crippen molar-refractivity contribution in [3.05, 3.63) is 71.5 Å². The number of pyridine rings is 1. The number of phenolic OH excluding ortho intramolecular Hbond substituents is 1. The molecule has 2 fully saturated rings. The van der Waals surface area contributed by atoms with E-state index in [2.05, 4.69) is 64.9 Å². The van der Waals surface area contributed by atoms with E-state index in [1.54, 1.807) is 42.3 Å². The number of rotatable bonds is 11. The highest BCUT2D eigenvalue weighted by Gasteiger charge is 2.39. The van der Waals surface area contributed by atoms with Gasteiger partial charge in [-0.25, -0.2) is 10.2 Å². The Balaban J connectivity index is 1.26. The Morgan fingerprint density at radius 3 is 2.55 bits per heavy atom. The second-order valence-corrected chi connectivity index (χ2v) is 19.7. The first-order valence-electron chi connectivity index (χ1n) is 24.2. The van der Waals surface area contributed by atoms with Gasteiger partial charge in [0.25, 0.3) is 5.91 Å². The third-order valence-electron chi connectivity index (χ3n) is 13.5. The number of hydrazine groups is 1. The molecule has 0 saturated carbocycles. The second kappa shape index (κ2) is 22.0. The van der Waals surface area contributed by atoms with Crippen LogP contribution in [0.15, 0.2) is 59.9 Å². The van der Waals surface area contributed by atoms with Crippen molar-refractivity contribution in [2.75, 3.05) is 60.0 Å². The lowest BCUT2D eigenvalue weighted by Crippen LogP contribution is -2.62. The number of amides is 5. The number of carbonyl (C=O) groups excluding carboxylic acids is 5. The average molecular weight is 948 g/mol. The first-order chi connectivity index (χ1) is 33.0. The van der Waals surface area contributed by atoms with Gasteiger partial charge in [-0.3, -0.25) is 29.2 Å². The molecule has 2 aromatic heterocycles. The van der Waals surface area contributed by atoms with Crippen molar-refractivity contribution < 1.29 is 38.6 Å². The number of hydrogen-bond donors (Lipinski definition) is 3. The van der Waals surface area contributed by atoms with Crippen LogP contribution in [-0.4, -0.2) is 149 Å². The molecule has 0 aliphatic carbocycles. The number of hydrogen-bond acceptors (Lipinski definition) is 11. The highest BCUT2D eigenvalue weighted by molar-refractivity contribution is 5.96. The quantitative estimate of drug-likeness (QED) is 0.126. The molecule has 0 spiro atoms. The molecule has 2 aromatic carbocycles. The number of urea groups is 1. The summed E-state index contributed by atoms with van der Waals surface area (Å²) in [6.45, 7) is 16.7. The number of phenols is 1. The Labute approximate surface area is 405 Å². The molecule has 3 N–H and O–H groups in total. The van der Waals surface area contributed by atoms with Gasteiger partial charge in [0.1, 0.15) is 23.9 Å². The van der Waals surface area contributed by atoms with Crippen molar-refractivity contribution in [3.63, 3.8) is 0 Å². The van der Waals surface area contributed by atoms with Crippen molar-refractivity contribution in [2.24, 2.45) is 16.3 Å². The number of aromatic hydroxyl groups is 1. The number of carbonyl (C=O) groups is 5. The van der Waals surface area contributed by atoms with Crippen LogP contribution in [-0.2, 0) is 54.6 Å². The lowest BCUT2D eigenvalue weighted by Gasteiger charge is -2.37. The van der Waals surface area contributed by atoms with Crippen LogP contribution in [0.25, 0.3) is 33.3 Å². The molecular formula is C52H69N9O8. The summed E-state index contributed by atoms with van der Waals surface area (Å²) < 4.78 is 14.0. The van der Waals surface area contributed by atoms with Gasteiger partial charge in [0.2, 0.25) is 11.8 Å². The summed E-state index contributed by atoms with van der Waals surface area (Å²) in [5, 5.41) is 16.8. The molecule has 69 heavy (non-hydrogen) atoms. The zero-order valence-electron chi connectivity index (χ0n) is 41.3. The Bertz CT molecular complexity index is 2560. The number of ether oxygens (including phenoxy) is 2. The van der Waals surface area contributed by atoms with Gasteiger partial charge in [0.15, 0.2) is 0 Å². The summed E-state index contributed by atoms with van der Waals surface area (Å²) in [5.41, 5.74) is 9.73. The molecule has 3 atom stereocenters. The lowest BCUT2D eigenvalue weighted by molar-refractivity contribution is -0.155. The highest BCUT2D eigenvalue weighted by atomic mass is 16.5. The molecule has 3 aliphatic rings. The van der Waals surface area contributed by atoms with Gasteiger partial charge < -0.3 is 44.2 Å². The van der Waals surface area contributed by atoms with Crippen molar-refractivity contribution in [3.8, 4) is 28.1 Å². The van der Waals surface area contributed by atoms with E-state index >= 15 is 0 Å². The van der Waals surface area contributed by atoms with Crippen LogP contribution in [0.1, 0.15) is 77.0 Å². The van der Waals surface area contributed by atoms with Crippen molar-refractivity contribution in [2.45, 2.75) is 104 Å². The number of likely N-dealkylation sites (N-methyl/N-ethyl adjacent to an activating group) is 1. The number of aryl methyl sites for hydroxylation is 1. The number of nitrogens with zero attached hydrogens (tertiary/aromatic N) is 7. The van der Waals surface area contributed by atoms with Gasteiger partial charge in [-0.2, -0.15) is 0 Å². The SMILES string of the molecule is C=NCCC(=O)N1CCCN(C(=O)N(C)[C@H](C(=O)N[C@H]2Cc3cc(O)cc(c3)-c3ccc4c(c3)c(c(-c3cnccc3COC)n4CC)CC(C)(C)COC(=O)[C@@H]3CCCN(N3)C2=O)C(C)C)CC1. The van der Waals surface area contributed by atoms with Gasteiger partial charge in [-0.15, -0.1) is 0 Å². The molecular weight excluding hydrogens is 879 g/mol. The molecule has 2 saturated heterocycles. The van der Waals surface area contributed by atoms with E-state index in [0.29, 0.717) is 82.7 Å². The predicted molar refractivity (Wildman–Crippen MR) is 264 cm³/mol. The number of aliphatic imine (C=N–C) groups is 1. The number of aromatic nitrogens is 2. The minimum atomic E-state index is -1.17. The number of methoxy groups -OCH3 is 1.